The van der Waals surface area contributed by atoms with Gasteiger partial charge in [-0.3, -0.25) is 4.57 Å². The molecule has 1 fully saturated rings. The van der Waals surface area contributed by atoms with E-state index in [1.807, 2.05) is 0 Å². The van der Waals surface area contributed by atoms with Crippen LogP contribution in [0, 0.1) is 0 Å². The molecule has 3 heterocycles. The number of hydrogen-bond donors (Lipinski definition) is 3. The van der Waals surface area contributed by atoms with Gasteiger partial charge in [-0.1, -0.05) is 0 Å². The zero-order valence-corrected chi connectivity index (χ0v) is 9.51. The maximum Gasteiger partial charge on any atom is 0.207 e. The summed E-state index contributed by atoms with van der Waals surface area (Å²) < 4.78 is 19.0. The second-order valence-electron chi connectivity index (χ2n) is 4.04. The Labute approximate surface area is 106 Å². The number of imidazole rings is 1. The highest BCUT2D eigenvalue weighted by Crippen LogP contribution is 2.33. The van der Waals surface area contributed by atoms with Gasteiger partial charge in [0.2, 0.25) is 6.23 Å². The van der Waals surface area contributed by atoms with Crippen LogP contribution in [0.1, 0.15) is 6.23 Å². The summed E-state index contributed by atoms with van der Waals surface area (Å²) >= 11 is 0. The Hall–Kier alpha value is -2.26. The summed E-state index contributed by atoms with van der Waals surface area (Å²) in [4.78, 5) is 11.8. The van der Waals surface area contributed by atoms with Crippen LogP contribution in [0.3, 0.4) is 0 Å². The van der Waals surface area contributed by atoms with E-state index in [-0.39, 0.29) is 17.9 Å². The van der Waals surface area contributed by atoms with E-state index in [1.165, 1.54) is 17.2 Å². The molecule has 0 saturated carbocycles. The summed E-state index contributed by atoms with van der Waals surface area (Å²) in [6, 6.07) is 0. The van der Waals surface area contributed by atoms with E-state index < -0.39 is 18.4 Å². The van der Waals surface area contributed by atoms with E-state index in [4.69, 9.17) is 10.5 Å². The molecular weight excluding hydrogens is 257 g/mol. The molecule has 1 aliphatic rings. The van der Waals surface area contributed by atoms with E-state index >= 15 is 0 Å². The molecule has 1 aliphatic heterocycles. The maximum atomic E-state index is 12.5. The van der Waals surface area contributed by atoms with Crippen LogP contribution in [0.4, 0.5) is 10.2 Å². The van der Waals surface area contributed by atoms with E-state index in [2.05, 4.69) is 15.0 Å². The average molecular weight is 267 g/mol. The number of rotatable bonds is 1. The summed E-state index contributed by atoms with van der Waals surface area (Å²) in [5.74, 6) is -0.167. The molecule has 0 aliphatic carbocycles. The molecule has 0 radical (unpaired) electrons. The van der Waals surface area contributed by atoms with E-state index in [1.54, 1.807) is 0 Å². The molecule has 4 N–H and O–H groups in total. The number of aliphatic hydroxyl groups is 2. The van der Waals surface area contributed by atoms with Crippen LogP contribution < -0.4 is 5.73 Å². The van der Waals surface area contributed by atoms with Crippen molar-refractivity contribution >= 4 is 17.0 Å². The fraction of sp³-hybridized carbons (Fsp3) is 0.300. The molecule has 0 amide bonds. The summed E-state index contributed by atoms with van der Waals surface area (Å²) in [5.41, 5.74) is 6.29. The van der Waals surface area contributed by atoms with Gasteiger partial charge in [0.25, 0.3) is 0 Å². The van der Waals surface area contributed by atoms with Crippen molar-refractivity contribution in [2.24, 2.45) is 0 Å². The van der Waals surface area contributed by atoms with Gasteiger partial charge in [0.1, 0.15) is 36.7 Å². The number of hydrogen-bond acceptors (Lipinski definition) is 7. The Morgan fingerprint density at radius 1 is 1.37 bits per heavy atom. The molecular formula is C10H10FN5O3. The molecule has 2 unspecified atom stereocenters. The number of anilines is 1. The quantitative estimate of drug-likeness (QED) is 0.635. The van der Waals surface area contributed by atoms with Gasteiger partial charge in [0.05, 0.1) is 0 Å². The number of aromatic nitrogens is 4. The summed E-state index contributed by atoms with van der Waals surface area (Å²) in [7, 11) is 0. The van der Waals surface area contributed by atoms with Gasteiger partial charge >= 0.3 is 0 Å². The largest absolute Gasteiger partial charge is 0.466 e. The number of aliphatic hydroxyl groups excluding tert-OH is 2. The molecule has 2 aromatic heterocycles. The normalized spacial score (nSPS) is 29.0. The number of fused-ring (bicyclic) bond motifs is 1. The molecule has 0 spiro atoms. The summed E-state index contributed by atoms with van der Waals surface area (Å²) in [6.07, 6.45) is -1.13. The number of ether oxygens (including phenoxy) is 1. The van der Waals surface area contributed by atoms with Gasteiger partial charge in [-0.25, -0.2) is 19.3 Å². The first-order chi connectivity index (χ1) is 9.13. The Kier molecular flexibility index (Phi) is 2.57. The number of nitrogens with zero attached hydrogens (tertiary/aromatic N) is 4. The van der Waals surface area contributed by atoms with Crippen molar-refractivity contribution in [3.05, 3.63) is 24.7 Å². The highest BCUT2D eigenvalue weighted by atomic mass is 19.1. The van der Waals surface area contributed by atoms with Crippen molar-refractivity contribution in [2.45, 2.75) is 18.4 Å². The maximum absolute atomic E-state index is 12.5. The number of nitrogens with two attached hydrogens (primary N) is 1. The Bertz CT molecular complexity index is 658. The molecule has 8 nitrogen and oxygen atoms in total. The standard InChI is InChI=1S/C10H10FN5O3/c11-1-4-6(17)7(18)10(19-4)16-3-15-5-8(12)13-2-14-9(5)16/h1-3,6-7,10,17-18H,(H2,12,13,14)/b4-1+/t6?,7?,10-/m1/s1. The monoisotopic (exact) mass is 267 g/mol. The third-order valence-corrected chi connectivity index (χ3v) is 2.93. The van der Waals surface area contributed by atoms with Gasteiger partial charge < -0.3 is 20.7 Å². The summed E-state index contributed by atoms with van der Waals surface area (Å²) in [5, 5.41) is 19.4. The van der Waals surface area contributed by atoms with Crippen molar-refractivity contribution in [1.82, 2.24) is 19.5 Å². The molecule has 0 bridgehead atoms. The Morgan fingerprint density at radius 2 is 2.16 bits per heavy atom. The minimum Gasteiger partial charge on any atom is -0.466 e. The van der Waals surface area contributed by atoms with Crippen LogP contribution in [0.5, 0.6) is 0 Å². The second kappa shape index (κ2) is 4.14. The minimum absolute atomic E-state index is 0.107. The van der Waals surface area contributed by atoms with Crippen LogP contribution in [0.15, 0.2) is 24.7 Å². The van der Waals surface area contributed by atoms with Gasteiger partial charge in [0, 0.05) is 0 Å². The zero-order chi connectivity index (χ0) is 13.6. The Balaban J connectivity index is 2.09. The fourth-order valence-corrected chi connectivity index (χ4v) is 1.97. The minimum atomic E-state index is -1.44. The number of nitrogen functional groups attached to an aromatic ring is 1. The van der Waals surface area contributed by atoms with E-state index in [9.17, 15) is 14.6 Å². The second-order valence-corrected chi connectivity index (χ2v) is 4.04. The molecule has 1 saturated heterocycles. The first-order valence-corrected chi connectivity index (χ1v) is 5.39. The first kappa shape index (κ1) is 11.8. The topological polar surface area (TPSA) is 119 Å². The lowest BCUT2D eigenvalue weighted by atomic mass is 10.2. The van der Waals surface area contributed by atoms with Crippen molar-refractivity contribution in [2.75, 3.05) is 5.73 Å². The van der Waals surface area contributed by atoms with Crippen molar-refractivity contribution in [1.29, 1.82) is 0 Å². The van der Waals surface area contributed by atoms with Crippen LogP contribution in [-0.2, 0) is 4.74 Å². The van der Waals surface area contributed by atoms with E-state index in [0.717, 1.165) is 0 Å². The average Bonchev–Trinajstić information content (AvgIpc) is 2.94. The molecule has 19 heavy (non-hydrogen) atoms. The molecule has 100 valence electrons. The lowest BCUT2D eigenvalue weighted by molar-refractivity contribution is -0.0120. The highest BCUT2D eigenvalue weighted by Gasteiger charge is 2.41. The SMILES string of the molecule is Nc1ncnc2c1ncn2[C@@H]1O/C(=C/F)C(O)C1O. The van der Waals surface area contributed by atoms with Crippen molar-refractivity contribution < 1.29 is 19.3 Å². The van der Waals surface area contributed by atoms with Crippen LogP contribution >= 0.6 is 0 Å². The molecule has 3 rings (SSSR count). The predicted octanol–water partition coefficient (Wildman–Crippen LogP) is -0.530. The third kappa shape index (κ3) is 1.63. The lowest BCUT2D eigenvalue weighted by Gasteiger charge is -2.15. The zero-order valence-electron chi connectivity index (χ0n) is 9.51. The Morgan fingerprint density at radius 3 is 2.84 bits per heavy atom. The van der Waals surface area contributed by atoms with Gasteiger partial charge in [0.15, 0.2) is 17.2 Å². The van der Waals surface area contributed by atoms with Crippen molar-refractivity contribution in [3.8, 4) is 0 Å². The highest BCUT2D eigenvalue weighted by molar-refractivity contribution is 5.81. The van der Waals surface area contributed by atoms with E-state index in [0.29, 0.717) is 11.2 Å². The molecule has 3 atom stereocenters. The van der Waals surface area contributed by atoms with Crippen LogP contribution in [-0.4, -0.2) is 41.9 Å². The molecule has 9 heteroatoms. The molecule has 0 aromatic carbocycles. The number of halogens is 1. The summed E-state index contributed by atoms with van der Waals surface area (Å²) in [6.45, 7) is 0. The van der Waals surface area contributed by atoms with Gasteiger partial charge in [-0.2, -0.15) is 0 Å². The third-order valence-electron chi connectivity index (χ3n) is 2.93. The van der Waals surface area contributed by atoms with Crippen molar-refractivity contribution in [3.63, 3.8) is 0 Å². The van der Waals surface area contributed by atoms with Gasteiger partial charge in [-0.05, 0) is 0 Å². The molecule has 2 aromatic rings. The van der Waals surface area contributed by atoms with Gasteiger partial charge in [-0.15, -0.1) is 0 Å². The van der Waals surface area contributed by atoms with Crippen LogP contribution in [0.2, 0.25) is 0 Å². The lowest BCUT2D eigenvalue weighted by Crippen LogP contribution is -2.27. The fourth-order valence-electron chi connectivity index (χ4n) is 1.97. The van der Waals surface area contributed by atoms with Crippen LogP contribution in [0.25, 0.3) is 11.2 Å². The first-order valence-electron chi connectivity index (χ1n) is 5.39. The smallest absolute Gasteiger partial charge is 0.207 e. The predicted molar refractivity (Wildman–Crippen MR) is 61.1 cm³/mol.